The largest absolute Gasteiger partial charge is 0.456 e. The van der Waals surface area contributed by atoms with E-state index in [0.717, 1.165) is 99.2 Å². The summed E-state index contributed by atoms with van der Waals surface area (Å²) in [4.78, 5) is 15.4. The zero-order chi connectivity index (χ0) is 37.5. The maximum absolute atomic E-state index is 6.88. The Kier molecular flexibility index (Phi) is 6.83. The van der Waals surface area contributed by atoms with E-state index < -0.39 is 0 Å². The molecule has 0 amide bonds. The van der Waals surface area contributed by atoms with Crippen LogP contribution in [0.3, 0.4) is 0 Å². The maximum Gasteiger partial charge on any atom is 0.164 e. The average Bonchev–Trinajstić information content (AvgIpc) is 3.95. The lowest BCUT2D eigenvalue weighted by atomic mass is 10.0. The summed E-state index contributed by atoms with van der Waals surface area (Å²) in [6.07, 6.45) is 0. The molecule has 12 aromatic rings. The van der Waals surface area contributed by atoms with Crippen molar-refractivity contribution in [1.82, 2.24) is 19.5 Å². The van der Waals surface area contributed by atoms with Gasteiger partial charge >= 0.3 is 0 Å². The number of nitrogens with zero attached hydrogens (tertiary/aromatic N) is 4. The summed E-state index contributed by atoms with van der Waals surface area (Å²) in [6.45, 7) is 0. The first-order valence-electron chi connectivity index (χ1n) is 19.0. The molecule has 266 valence electrons. The van der Waals surface area contributed by atoms with Gasteiger partial charge in [0.1, 0.15) is 16.7 Å². The first-order chi connectivity index (χ1) is 28.2. The van der Waals surface area contributed by atoms with Crippen LogP contribution < -0.4 is 0 Å². The molecule has 6 heteroatoms. The normalized spacial score (nSPS) is 11.9. The van der Waals surface area contributed by atoms with Crippen molar-refractivity contribution in [2.45, 2.75) is 0 Å². The van der Waals surface area contributed by atoms with E-state index in [0.29, 0.717) is 17.5 Å². The molecule has 0 unspecified atom stereocenters. The van der Waals surface area contributed by atoms with Crippen LogP contribution in [0.2, 0.25) is 0 Å². The third-order valence-electron chi connectivity index (χ3n) is 11.1. The van der Waals surface area contributed by atoms with Gasteiger partial charge in [0, 0.05) is 55.1 Å². The van der Waals surface area contributed by atoms with E-state index in [1.807, 2.05) is 60.7 Å². The molecule has 0 N–H and O–H groups in total. The summed E-state index contributed by atoms with van der Waals surface area (Å²) in [5.74, 6) is 1.78. The van der Waals surface area contributed by atoms with Gasteiger partial charge in [0.15, 0.2) is 23.1 Å². The van der Waals surface area contributed by atoms with Gasteiger partial charge in [0.05, 0.1) is 16.7 Å². The molecule has 57 heavy (non-hydrogen) atoms. The fourth-order valence-electron chi connectivity index (χ4n) is 8.45. The third-order valence-corrected chi connectivity index (χ3v) is 11.1. The highest BCUT2D eigenvalue weighted by Crippen LogP contribution is 2.43. The lowest BCUT2D eigenvalue weighted by Gasteiger charge is -2.10. The molecular weight excluding hydrogens is 701 g/mol. The van der Waals surface area contributed by atoms with Crippen LogP contribution in [-0.2, 0) is 0 Å². The van der Waals surface area contributed by atoms with Crippen molar-refractivity contribution in [2.24, 2.45) is 0 Å². The summed E-state index contributed by atoms with van der Waals surface area (Å²) in [5.41, 5.74) is 11.3. The molecule has 0 aliphatic carbocycles. The second-order valence-electron chi connectivity index (χ2n) is 14.4. The average molecular weight is 731 g/mol. The molecule has 0 aliphatic heterocycles. The molecule has 6 nitrogen and oxygen atoms in total. The molecule has 0 bridgehead atoms. The van der Waals surface area contributed by atoms with Crippen LogP contribution in [-0.4, -0.2) is 19.5 Å². The second kappa shape index (κ2) is 12.3. The molecule has 0 radical (unpaired) electrons. The first kappa shape index (κ1) is 31.5. The minimum Gasteiger partial charge on any atom is -0.456 e. The molecule has 8 aromatic carbocycles. The number of fused-ring (bicyclic) bond motifs is 9. The third kappa shape index (κ3) is 4.94. The Balaban J connectivity index is 1.09. The van der Waals surface area contributed by atoms with Gasteiger partial charge in [-0.25, -0.2) is 15.0 Å². The lowest BCUT2D eigenvalue weighted by molar-refractivity contribution is 0.665. The Morgan fingerprint density at radius 3 is 1.84 bits per heavy atom. The number of hydrogen-bond donors (Lipinski definition) is 0. The Morgan fingerprint density at radius 1 is 0.351 bits per heavy atom. The molecule has 4 aromatic heterocycles. The molecule has 4 heterocycles. The highest BCUT2D eigenvalue weighted by molar-refractivity contribution is 6.19. The van der Waals surface area contributed by atoms with Crippen molar-refractivity contribution >= 4 is 65.7 Å². The Labute approximate surface area is 325 Å². The van der Waals surface area contributed by atoms with Crippen LogP contribution in [0.5, 0.6) is 0 Å². The topological polar surface area (TPSA) is 69.9 Å². The van der Waals surface area contributed by atoms with Crippen molar-refractivity contribution < 1.29 is 8.83 Å². The van der Waals surface area contributed by atoms with Crippen LogP contribution in [0.25, 0.3) is 117 Å². The predicted octanol–water partition coefficient (Wildman–Crippen LogP) is 13.4. The van der Waals surface area contributed by atoms with E-state index in [2.05, 4.69) is 126 Å². The predicted molar refractivity (Wildman–Crippen MR) is 230 cm³/mol. The van der Waals surface area contributed by atoms with Gasteiger partial charge in [-0.3, -0.25) is 0 Å². The van der Waals surface area contributed by atoms with Crippen LogP contribution in [0.1, 0.15) is 0 Å². The van der Waals surface area contributed by atoms with Gasteiger partial charge in [-0.2, -0.15) is 0 Å². The van der Waals surface area contributed by atoms with Crippen molar-refractivity contribution in [2.75, 3.05) is 0 Å². The van der Waals surface area contributed by atoms with Gasteiger partial charge in [0.25, 0.3) is 0 Å². The summed E-state index contributed by atoms with van der Waals surface area (Å²) < 4.78 is 15.6. The zero-order valence-electron chi connectivity index (χ0n) is 30.4. The number of furan rings is 2. The molecule has 0 atom stereocenters. The zero-order valence-corrected chi connectivity index (χ0v) is 30.4. The Bertz CT molecular complexity index is 3530. The van der Waals surface area contributed by atoms with Crippen molar-refractivity contribution in [3.63, 3.8) is 0 Å². The Hall–Kier alpha value is -7.83. The minimum absolute atomic E-state index is 0.576. The number of hydrogen-bond acceptors (Lipinski definition) is 5. The SMILES string of the molecule is c1ccc(-c2cccc(-c3nc(-c4ccccc4)nc(-c4cccc5oc6c(-n7c8ccccc8c8cc9c(cc87)oc7ccccc79)cccc6c45)n3)c2)cc1. The quantitative estimate of drug-likeness (QED) is 0.176. The molecular formula is C51H30N4O2. The van der Waals surface area contributed by atoms with Gasteiger partial charge in [-0.15, -0.1) is 0 Å². The Morgan fingerprint density at radius 2 is 0.982 bits per heavy atom. The molecule has 0 aliphatic rings. The van der Waals surface area contributed by atoms with Crippen molar-refractivity contribution in [3.8, 4) is 51.0 Å². The maximum atomic E-state index is 6.88. The molecule has 12 rings (SSSR count). The van der Waals surface area contributed by atoms with Crippen LogP contribution in [0.4, 0.5) is 0 Å². The minimum atomic E-state index is 0.576. The molecule has 0 saturated heterocycles. The number of para-hydroxylation sites is 3. The van der Waals surface area contributed by atoms with Gasteiger partial charge < -0.3 is 13.4 Å². The smallest absolute Gasteiger partial charge is 0.164 e. The first-order valence-corrected chi connectivity index (χ1v) is 19.0. The molecule has 0 fully saturated rings. The van der Waals surface area contributed by atoms with Crippen LogP contribution in [0, 0.1) is 0 Å². The van der Waals surface area contributed by atoms with Crippen molar-refractivity contribution in [3.05, 3.63) is 182 Å². The molecule has 0 saturated carbocycles. The van der Waals surface area contributed by atoms with E-state index in [-0.39, 0.29) is 0 Å². The van der Waals surface area contributed by atoms with Gasteiger partial charge in [-0.1, -0.05) is 140 Å². The van der Waals surface area contributed by atoms with Crippen LogP contribution in [0.15, 0.2) is 191 Å². The number of rotatable bonds is 5. The summed E-state index contributed by atoms with van der Waals surface area (Å²) in [6, 6.07) is 62.5. The second-order valence-corrected chi connectivity index (χ2v) is 14.4. The number of aromatic nitrogens is 4. The van der Waals surface area contributed by atoms with Gasteiger partial charge in [-0.05, 0) is 47.5 Å². The fourth-order valence-corrected chi connectivity index (χ4v) is 8.45. The van der Waals surface area contributed by atoms with E-state index >= 15 is 0 Å². The monoisotopic (exact) mass is 730 g/mol. The molecule has 0 spiro atoms. The summed E-state index contributed by atoms with van der Waals surface area (Å²) in [7, 11) is 0. The van der Waals surface area contributed by atoms with E-state index in [1.165, 1.54) is 0 Å². The lowest BCUT2D eigenvalue weighted by Crippen LogP contribution is -2.00. The van der Waals surface area contributed by atoms with Crippen LogP contribution >= 0.6 is 0 Å². The fraction of sp³-hybridized carbons (Fsp3) is 0. The van der Waals surface area contributed by atoms with E-state index in [4.69, 9.17) is 23.8 Å². The van der Waals surface area contributed by atoms with E-state index in [1.54, 1.807) is 0 Å². The highest BCUT2D eigenvalue weighted by atomic mass is 16.3. The van der Waals surface area contributed by atoms with E-state index in [9.17, 15) is 0 Å². The summed E-state index contributed by atoms with van der Waals surface area (Å²) >= 11 is 0. The number of benzene rings is 8. The summed E-state index contributed by atoms with van der Waals surface area (Å²) in [5, 5.41) is 6.45. The standard InChI is InChI=1S/C51H30N4O2/c1-3-14-31(15-4-1)33-18-11-19-34(28-33)50-52-49(32-16-5-2-6-17-32)53-51(54-50)38-23-13-27-45-47(38)37-22-12-25-42(48(37)57-45)55-41-24-9-7-20-35(41)39-29-40-36-21-8-10-26-44(36)56-46(40)30-43(39)55/h1-30H. The highest BCUT2D eigenvalue weighted by Gasteiger charge is 2.22. The van der Waals surface area contributed by atoms with Gasteiger partial charge in [0.2, 0.25) is 0 Å². The van der Waals surface area contributed by atoms with Crippen molar-refractivity contribution in [1.29, 1.82) is 0 Å².